The van der Waals surface area contributed by atoms with E-state index in [-0.39, 0.29) is 23.4 Å². The van der Waals surface area contributed by atoms with Crippen molar-refractivity contribution in [3.63, 3.8) is 0 Å². The van der Waals surface area contributed by atoms with E-state index in [4.69, 9.17) is 4.74 Å². The number of nitro groups is 1. The number of benzene rings is 1. The van der Waals surface area contributed by atoms with Crippen LogP contribution in [0.1, 0.15) is 27.2 Å². The van der Waals surface area contributed by atoms with Gasteiger partial charge in [-0.2, -0.15) is 0 Å². The third-order valence-corrected chi connectivity index (χ3v) is 3.44. The highest BCUT2D eigenvalue weighted by Gasteiger charge is 2.24. The van der Waals surface area contributed by atoms with Crippen molar-refractivity contribution in [1.82, 2.24) is 9.97 Å². The van der Waals surface area contributed by atoms with Crippen LogP contribution in [0.3, 0.4) is 0 Å². The summed E-state index contributed by atoms with van der Waals surface area (Å²) in [4.78, 5) is 19.1. The van der Waals surface area contributed by atoms with Crippen LogP contribution in [-0.2, 0) is 0 Å². The molecule has 0 saturated carbocycles. The summed E-state index contributed by atoms with van der Waals surface area (Å²) >= 11 is 0. The largest absolute Gasteiger partial charge is 0.492 e. The van der Waals surface area contributed by atoms with Crippen LogP contribution in [0.5, 0.6) is 5.75 Å². The second kappa shape index (κ2) is 8.09. The molecule has 0 radical (unpaired) electrons. The van der Waals surface area contributed by atoms with Gasteiger partial charge in [-0.3, -0.25) is 10.1 Å². The van der Waals surface area contributed by atoms with E-state index in [9.17, 15) is 10.1 Å². The van der Waals surface area contributed by atoms with E-state index in [1.807, 2.05) is 32.9 Å². The molecule has 1 heterocycles. The van der Waals surface area contributed by atoms with Crippen LogP contribution in [0.4, 0.5) is 23.0 Å². The molecular weight excluding hydrogens is 310 g/mol. The smallest absolute Gasteiger partial charge is 0.353 e. The molecule has 2 aromatic rings. The second-order valence-electron chi connectivity index (χ2n) is 5.18. The molecule has 8 heteroatoms. The lowest BCUT2D eigenvalue weighted by Crippen LogP contribution is -2.16. The maximum atomic E-state index is 11.5. The first-order valence-corrected chi connectivity index (χ1v) is 7.81. The average Bonchev–Trinajstić information content (AvgIpc) is 2.56. The number of hydrogen-bond acceptors (Lipinski definition) is 7. The Morgan fingerprint density at radius 2 is 1.96 bits per heavy atom. The molecule has 0 aliphatic carbocycles. The molecule has 2 N–H and O–H groups in total. The molecule has 128 valence electrons. The van der Waals surface area contributed by atoms with Crippen molar-refractivity contribution in [3.8, 4) is 5.75 Å². The molecule has 2 rings (SSSR count). The summed E-state index contributed by atoms with van der Waals surface area (Å²) in [6.07, 6.45) is 2.11. The Morgan fingerprint density at radius 3 is 2.62 bits per heavy atom. The fraction of sp³-hybridized carbons (Fsp3) is 0.375. The Kier molecular flexibility index (Phi) is 5.89. The summed E-state index contributed by atoms with van der Waals surface area (Å²) in [6, 6.07) is 7.27. The Bertz CT molecular complexity index is 708. The molecule has 0 spiro atoms. The van der Waals surface area contributed by atoms with Crippen LogP contribution in [-0.4, -0.2) is 27.5 Å². The zero-order chi connectivity index (χ0) is 17.5. The third kappa shape index (κ3) is 4.09. The summed E-state index contributed by atoms with van der Waals surface area (Å²) in [7, 11) is 0. The van der Waals surface area contributed by atoms with Crippen molar-refractivity contribution < 1.29 is 9.66 Å². The quantitative estimate of drug-likeness (QED) is 0.561. The van der Waals surface area contributed by atoms with Crippen molar-refractivity contribution in [2.75, 3.05) is 17.2 Å². The highest BCUT2D eigenvalue weighted by Crippen LogP contribution is 2.34. The number of hydrogen-bond donors (Lipinski definition) is 2. The first-order valence-electron chi connectivity index (χ1n) is 7.81. The first kappa shape index (κ1) is 17.5. The summed E-state index contributed by atoms with van der Waals surface area (Å²) in [5, 5.41) is 17.6. The summed E-state index contributed by atoms with van der Waals surface area (Å²) in [6.45, 7) is 6.29. The van der Waals surface area contributed by atoms with Crippen molar-refractivity contribution >= 4 is 23.0 Å². The molecule has 1 aromatic carbocycles. The van der Waals surface area contributed by atoms with Gasteiger partial charge in [-0.25, -0.2) is 9.97 Å². The summed E-state index contributed by atoms with van der Waals surface area (Å²) < 4.78 is 5.53. The number of aromatic nitrogens is 2. The monoisotopic (exact) mass is 331 g/mol. The van der Waals surface area contributed by atoms with E-state index in [2.05, 4.69) is 20.6 Å². The SMILES string of the molecule is CCOc1ccccc1Nc1ncnc(NC(C)CC)c1[N+](=O)[O-]. The van der Waals surface area contributed by atoms with Crippen molar-refractivity contribution in [2.45, 2.75) is 33.2 Å². The maximum Gasteiger partial charge on any atom is 0.353 e. The van der Waals surface area contributed by atoms with E-state index in [1.54, 1.807) is 12.1 Å². The number of anilines is 3. The van der Waals surface area contributed by atoms with Gasteiger partial charge in [-0.15, -0.1) is 0 Å². The van der Waals surface area contributed by atoms with Crippen LogP contribution >= 0.6 is 0 Å². The minimum absolute atomic E-state index is 0.0576. The summed E-state index contributed by atoms with van der Waals surface area (Å²) in [5.41, 5.74) is 0.416. The molecule has 0 aliphatic heterocycles. The lowest BCUT2D eigenvalue weighted by Gasteiger charge is -2.15. The van der Waals surface area contributed by atoms with E-state index in [1.165, 1.54) is 6.33 Å². The highest BCUT2D eigenvalue weighted by atomic mass is 16.6. The predicted molar refractivity (Wildman–Crippen MR) is 93.0 cm³/mol. The molecule has 0 bridgehead atoms. The minimum Gasteiger partial charge on any atom is -0.492 e. The average molecular weight is 331 g/mol. The standard InChI is InChI=1S/C16H21N5O3/c1-4-11(3)19-15-14(21(22)23)16(18-10-17-15)20-12-8-6-7-9-13(12)24-5-2/h6-11H,4-5H2,1-3H3,(H2,17,18,19,20). The number of nitrogens with zero attached hydrogens (tertiary/aromatic N) is 3. The van der Waals surface area contributed by atoms with Gasteiger partial charge in [0.05, 0.1) is 17.2 Å². The Balaban J connectivity index is 2.40. The van der Waals surface area contributed by atoms with Gasteiger partial charge in [0, 0.05) is 6.04 Å². The molecular formula is C16H21N5O3. The van der Waals surface area contributed by atoms with Gasteiger partial charge < -0.3 is 15.4 Å². The minimum atomic E-state index is -0.490. The maximum absolute atomic E-state index is 11.5. The number of ether oxygens (including phenoxy) is 1. The lowest BCUT2D eigenvalue weighted by molar-refractivity contribution is -0.383. The van der Waals surface area contributed by atoms with Crippen molar-refractivity contribution in [3.05, 3.63) is 40.7 Å². The van der Waals surface area contributed by atoms with E-state index < -0.39 is 4.92 Å². The molecule has 0 saturated heterocycles. The van der Waals surface area contributed by atoms with E-state index in [0.717, 1.165) is 6.42 Å². The molecule has 0 aliphatic rings. The third-order valence-electron chi connectivity index (χ3n) is 3.44. The zero-order valence-corrected chi connectivity index (χ0v) is 13.9. The van der Waals surface area contributed by atoms with Gasteiger partial charge in [0.15, 0.2) is 0 Å². The molecule has 0 amide bonds. The van der Waals surface area contributed by atoms with Crippen molar-refractivity contribution in [2.24, 2.45) is 0 Å². The van der Waals surface area contributed by atoms with Crippen LogP contribution in [0.15, 0.2) is 30.6 Å². The number of rotatable bonds is 8. The van der Waals surface area contributed by atoms with Gasteiger partial charge in [-0.05, 0) is 32.4 Å². The highest BCUT2D eigenvalue weighted by molar-refractivity contribution is 5.75. The predicted octanol–water partition coefficient (Wildman–Crippen LogP) is 3.74. The second-order valence-corrected chi connectivity index (χ2v) is 5.18. The topological polar surface area (TPSA) is 102 Å². The normalized spacial score (nSPS) is 11.6. The fourth-order valence-corrected chi connectivity index (χ4v) is 2.06. The number of para-hydroxylation sites is 2. The number of nitrogens with one attached hydrogen (secondary N) is 2. The Hall–Kier alpha value is -2.90. The van der Waals surface area contributed by atoms with Crippen LogP contribution in [0.25, 0.3) is 0 Å². The lowest BCUT2D eigenvalue weighted by atomic mass is 10.2. The molecule has 1 aromatic heterocycles. The van der Waals surface area contributed by atoms with E-state index in [0.29, 0.717) is 18.0 Å². The molecule has 0 fully saturated rings. The Labute approximate surface area is 140 Å². The van der Waals surface area contributed by atoms with Crippen LogP contribution in [0, 0.1) is 10.1 Å². The summed E-state index contributed by atoms with van der Waals surface area (Å²) in [5.74, 6) is 0.915. The van der Waals surface area contributed by atoms with Gasteiger partial charge >= 0.3 is 5.69 Å². The van der Waals surface area contributed by atoms with Crippen LogP contribution < -0.4 is 15.4 Å². The first-order chi connectivity index (χ1) is 11.6. The molecule has 1 unspecified atom stereocenters. The fourth-order valence-electron chi connectivity index (χ4n) is 2.06. The van der Waals surface area contributed by atoms with Crippen molar-refractivity contribution in [1.29, 1.82) is 0 Å². The van der Waals surface area contributed by atoms with E-state index >= 15 is 0 Å². The van der Waals surface area contributed by atoms with Gasteiger partial charge in [-0.1, -0.05) is 19.1 Å². The molecule has 1 atom stereocenters. The van der Waals surface area contributed by atoms with Gasteiger partial charge in [0.1, 0.15) is 12.1 Å². The van der Waals surface area contributed by atoms with Crippen LogP contribution in [0.2, 0.25) is 0 Å². The van der Waals surface area contributed by atoms with Gasteiger partial charge in [0.2, 0.25) is 11.6 Å². The molecule has 24 heavy (non-hydrogen) atoms. The Morgan fingerprint density at radius 1 is 1.25 bits per heavy atom. The van der Waals surface area contributed by atoms with Gasteiger partial charge in [0.25, 0.3) is 0 Å². The molecule has 8 nitrogen and oxygen atoms in total. The zero-order valence-electron chi connectivity index (χ0n) is 13.9.